The fourth-order valence-corrected chi connectivity index (χ4v) is 3.38. The van der Waals surface area contributed by atoms with Gasteiger partial charge in [-0.25, -0.2) is 9.97 Å². The molecule has 0 bridgehead atoms. The highest BCUT2D eigenvalue weighted by atomic mass is 16.3. The summed E-state index contributed by atoms with van der Waals surface area (Å²) in [4.78, 5) is 8.55. The van der Waals surface area contributed by atoms with Gasteiger partial charge >= 0.3 is 0 Å². The molecule has 4 nitrogen and oxygen atoms in total. The predicted octanol–water partition coefficient (Wildman–Crippen LogP) is 7.49. The van der Waals surface area contributed by atoms with Gasteiger partial charge in [0.2, 0.25) is 5.89 Å². The monoisotopic (exact) mass is 416 g/mol. The molecule has 2 aromatic heterocycles. The number of oxazole rings is 2. The first-order valence-corrected chi connectivity index (χ1v) is 10.3. The van der Waals surface area contributed by atoms with E-state index in [-0.39, 0.29) is 0 Å². The second kappa shape index (κ2) is 9.14. The molecule has 0 aliphatic rings. The van der Waals surface area contributed by atoms with Gasteiger partial charge in [0.15, 0.2) is 17.6 Å². The van der Waals surface area contributed by atoms with E-state index < -0.39 is 0 Å². The number of aromatic nitrogens is 2. The van der Waals surface area contributed by atoms with Crippen LogP contribution in [0.15, 0.2) is 118 Å². The Morgan fingerprint density at radius 3 is 2.09 bits per heavy atom. The molecule has 0 unspecified atom stereocenters. The van der Waals surface area contributed by atoms with Crippen molar-refractivity contribution in [3.05, 3.63) is 121 Å². The van der Waals surface area contributed by atoms with Crippen LogP contribution in [0.25, 0.3) is 45.8 Å². The lowest BCUT2D eigenvalue weighted by Crippen LogP contribution is -1.82. The van der Waals surface area contributed by atoms with Gasteiger partial charge in [0.05, 0.1) is 0 Å². The van der Waals surface area contributed by atoms with Crippen molar-refractivity contribution < 1.29 is 8.83 Å². The normalized spacial score (nSPS) is 11.0. The summed E-state index contributed by atoms with van der Waals surface area (Å²) >= 11 is 0. The van der Waals surface area contributed by atoms with Crippen LogP contribution >= 0.6 is 0 Å². The Balaban J connectivity index is 0.000000199. The molecule has 32 heavy (non-hydrogen) atoms. The largest absolute Gasteiger partial charge is 0.443 e. The Kier molecular flexibility index (Phi) is 5.58. The number of rotatable bonds is 3. The summed E-state index contributed by atoms with van der Waals surface area (Å²) in [7, 11) is 0. The molecule has 0 fully saturated rings. The molecule has 6 aromatic rings. The molecule has 0 aliphatic heterocycles. The van der Waals surface area contributed by atoms with E-state index in [2.05, 4.69) is 40.3 Å². The number of para-hydroxylation sites is 4. The molecule has 0 spiro atoms. The van der Waals surface area contributed by atoms with E-state index in [4.69, 9.17) is 8.83 Å². The summed E-state index contributed by atoms with van der Waals surface area (Å²) in [5, 5.41) is 0. The predicted molar refractivity (Wildman–Crippen MR) is 129 cm³/mol. The smallest absolute Gasteiger partial charge is 0.227 e. The molecule has 0 saturated carbocycles. The topological polar surface area (TPSA) is 52.1 Å². The molecule has 0 aliphatic carbocycles. The fourth-order valence-electron chi connectivity index (χ4n) is 3.38. The summed E-state index contributed by atoms with van der Waals surface area (Å²) in [6.45, 7) is 0. The molecule has 6 rings (SSSR count). The van der Waals surface area contributed by atoms with E-state index in [1.807, 2.05) is 84.9 Å². The number of fused-ring (bicyclic) bond motifs is 2. The minimum Gasteiger partial charge on any atom is -0.443 e. The Morgan fingerprint density at radius 1 is 0.594 bits per heavy atom. The SMILES string of the molecule is C(=Cc1ccccc1-c1nc2ccccc2o1)c1ccccc1.c1ccc2ocnc2c1. The quantitative estimate of drug-likeness (QED) is 0.280. The Bertz CT molecular complexity index is 1420. The second-order valence-electron chi connectivity index (χ2n) is 7.14. The third-order valence-corrected chi connectivity index (χ3v) is 4.98. The van der Waals surface area contributed by atoms with Crippen molar-refractivity contribution in [3.63, 3.8) is 0 Å². The summed E-state index contributed by atoms with van der Waals surface area (Å²) in [5.74, 6) is 0.652. The first-order valence-electron chi connectivity index (χ1n) is 10.3. The first kappa shape index (κ1) is 19.5. The molecule has 4 heteroatoms. The average Bonchev–Trinajstić information content (AvgIpc) is 3.51. The van der Waals surface area contributed by atoms with E-state index in [0.29, 0.717) is 5.89 Å². The summed E-state index contributed by atoms with van der Waals surface area (Å²) in [6.07, 6.45) is 5.64. The van der Waals surface area contributed by atoms with Crippen LogP contribution < -0.4 is 0 Å². The van der Waals surface area contributed by atoms with Crippen molar-refractivity contribution in [2.45, 2.75) is 0 Å². The molecule has 0 radical (unpaired) electrons. The van der Waals surface area contributed by atoms with E-state index >= 15 is 0 Å². The molecular formula is C28H20N2O2. The van der Waals surface area contributed by atoms with Crippen molar-refractivity contribution in [1.82, 2.24) is 9.97 Å². The molecule has 2 heterocycles. The van der Waals surface area contributed by atoms with Crippen LogP contribution in [0.5, 0.6) is 0 Å². The molecule has 4 aromatic carbocycles. The highest BCUT2D eigenvalue weighted by molar-refractivity contribution is 5.81. The van der Waals surface area contributed by atoms with Crippen molar-refractivity contribution in [3.8, 4) is 11.5 Å². The summed E-state index contributed by atoms with van der Waals surface area (Å²) in [6, 6.07) is 33.9. The third kappa shape index (κ3) is 4.35. The van der Waals surface area contributed by atoms with Crippen LogP contribution in [0.4, 0.5) is 0 Å². The molecule has 154 valence electrons. The van der Waals surface area contributed by atoms with Gasteiger partial charge in [-0.15, -0.1) is 0 Å². The molecule has 0 N–H and O–H groups in total. The van der Waals surface area contributed by atoms with Gasteiger partial charge in [0, 0.05) is 5.56 Å². The van der Waals surface area contributed by atoms with E-state index in [0.717, 1.165) is 33.3 Å². The fraction of sp³-hybridized carbons (Fsp3) is 0. The number of hydrogen-bond acceptors (Lipinski definition) is 4. The third-order valence-electron chi connectivity index (χ3n) is 4.98. The minimum absolute atomic E-state index is 0.652. The van der Waals surface area contributed by atoms with Crippen LogP contribution in [0.3, 0.4) is 0 Å². The van der Waals surface area contributed by atoms with Crippen LogP contribution in [0.2, 0.25) is 0 Å². The van der Waals surface area contributed by atoms with Crippen LogP contribution in [-0.4, -0.2) is 9.97 Å². The van der Waals surface area contributed by atoms with Gasteiger partial charge in [0.25, 0.3) is 0 Å². The van der Waals surface area contributed by atoms with Gasteiger partial charge in [-0.2, -0.15) is 0 Å². The zero-order chi connectivity index (χ0) is 21.6. The number of benzene rings is 4. The summed E-state index contributed by atoms with van der Waals surface area (Å²) < 4.78 is 10.9. The number of hydrogen-bond donors (Lipinski definition) is 0. The minimum atomic E-state index is 0.652. The number of nitrogens with zero attached hydrogens (tertiary/aromatic N) is 2. The highest BCUT2D eigenvalue weighted by Crippen LogP contribution is 2.28. The average molecular weight is 416 g/mol. The van der Waals surface area contributed by atoms with E-state index in [9.17, 15) is 0 Å². The first-order chi connectivity index (χ1) is 15.9. The zero-order valence-electron chi connectivity index (χ0n) is 17.3. The molecule has 0 amide bonds. The van der Waals surface area contributed by atoms with Gasteiger partial charge in [-0.05, 0) is 41.5 Å². The van der Waals surface area contributed by atoms with Gasteiger partial charge in [-0.1, -0.05) is 84.9 Å². The Morgan fingerprint density at radius 2 is 1.28 bits per heavy atom. The van der Waals surface area contributed by atoms with Gasteiger partial charge < -0.3 is 8.83 Å². The van der Waals surface area contributed by atoms with Gasteiger partial charge in [-0.3, -0.25) is 0 Å². The highest BCUT2D eigenvalue weighted by Gasteiger charge is 2.10. The van der Waals surface area contributed by atoms with Crippen molar-refractivity contribution in [2.24, 2.45) is 0 Å². The Hall–Kier alpha value is -4.44. The molecule has 0 atom stereocenters. The standard InChI is InChI=1S/C21H15NO.C7H5NO/c1-2-8-16(9-3-1)14-15-17-10-4-5-11-18(17)21-22-19-12-6-7-13-20(19)23-21;1-2-4-7-6(3-1)8-5-9-7/h1-15H;1-5H. The van der Waals surface area contributed by atoms with Crippen LogP contribution in [0, 0.1) is 0 Å². The van der Waals surface area contributed by atoms with Crippen molar-refractivity contribution in [2.75, 3.05) is 0 Å². The van der Waals surface area contributed by atoms with E-state index in [1.54, 1.807) is 0 Å². The molecular weight excluding hydrogens is 396 g/mol. The maximum absolute atomic E-state index is 5.90. The Labute approximate surface area is 185 Å². The van der Waals surface area contributed by atoms with Crippen molar-refractivity contribution in [1.29, 1.82) is 0 Å². The van der Waals surface area contributed by atoms with Gasteiger partial charge in [0.1, 0.15) is 11.0 Å². The van der Waals surface area contributed by atoms with Crippen LogP contribution in [-0.2, 0) is 0 Å². The zero-order valence-corrected chi connectivity index (χ0v) is 17.3. The maximum atomic E-state index is 5.90. The lowest BCUT2D eigenvalue weighted by Gasteiger charge is -2.01. The maximum Gasteiger partial charge on any atom is 0.227 e. The molecule has 0 saturated heterocycles. The summed E-state index contributed by atoms with van der Waals surface area (Å²) in [5.41, 5.74) is 6.70. The lowest BCUT2D eigenvalue weighted by molar-refractivity contribution is 0.602. The van der Waals surface area contributed by atoms with E-state index in [1.165, 1.54) is 12.0 Å². The van der Waals surface area contributed by atoms with Crippen LogP contribution in [0.1, 0.15) is 11.1 Å². The second-order valence-corrected chi connectivity index (χ2v) is 7.14. The van der Waals surface area contributed by atoms with Crippen molar-refractivity contribution >= 4 is 34.4 Å². The lowest BCUT2D eigenvalue weighted by atomic mass is 10.1.